The molecule has 0 spiro atoms. The highest BCUT2D eigenvalue weighted by Gasteiger charge is 2.17. The zero-order chi connectivity index (χ0) is 20.8. The van der Waals surface area contributed by atoms with Gasteiger partial charge in [-0.05, 0) is 29.8 Å². The molecule has 0 fully saturated rings. The largest absolute Gasteiger partial charge is 0.478 e. The second-order valence-electron chi connectivity index (χ2n) is 6.19. The molecule has 6 heteroatoms. The van der Waals surface area contributed by atoms with E-state index in [1.54, 1.807) is 0 Å². The standard InChI is InChI=1S/C23H16O6/c24-13-19-11-10-18(22(26)27)12-20(19)21(25)16-6-8-17(9-7-16)23(28)29-14-15-4-2-1-3-5-15/h1-13H,14H2,(H,26,27). The quantitative estimate of drug-likeness (QED) is 0.376. The molecule has 0 atom stereocenters. The van der Waals surface area contributed by atoms with Gasteiger partial charge in [0.2, 0.25) is 0 Å². The van der Waals surface area contributed by atoms with Crippen molar-refractivity contribution >= 4 is 24.0 Å². The van der Waals surface area contributed by atoms with Gasteiger partial charge in [0.1, 0.15) is 6.61 Å². The topological polar surface area (TPSA) is 97.7 Å². The Labute approximate surface area is 166 Å². The van der Waals surface area contributed by atoms with E-state index in [-0.39, 0.29) is 34.4 Å². The van der Waals surface area contributed by atoms with E-state index in [0.717, 1.165) is 11.6 Å². The number of benzene rings is 3. The number of carbonyl (C=O) groups excluding carboxylic acids is 3. The van der Waals surface area contributed by atoms with Crippen LogP contribution in [0.4, 0.5) is 0 Å². The molecule has 3 rings (SSSR count). The molecule has 0 amide bonds. The van der Waals surface area contributed by atoms with Gasteiger partial charge >= 0.3 is 11.9 Å². The fraction of sp³-hybridized carbons (Fsp3) is 0.0435. The predicted octanol–water partition coefficient (Wildman–Crippen LogP) is 3.79. The highest BCUT2D eigenvalue weighted by atomic mass is 16.5. The van der Waals surface area contributed by atoms with Crippen LogP contribution in [-0.2, 0) is 11.3 Å². The molecule has 0 unspecified atom stereocenters. The summed E-state index contributed by atoms with van der Waals surface area (Å²) in [7, 11) is 0. The maximum atomic E-state index is 12.7. The molecule has 0 aliphatic rings. The number of ether oxygens (including phenoxy) is 1. The lowest BCUT2D eigenvalue weighted by Gasteiger charge is -2.08. The zero-order valence-corrected chi connectivity index (χ0v) is 15.2. The highest BCUT2D eigenvalue weighted by Crippen LogP contribution is 2.17. The number of carbonyl (C=O) groups is 4. The van der Waals surface area contributed by atoms with Crippen LogP contribution in [0.15, 0.2) is 72.8 Å². The summed E-state index contributed by atoms with van der Waals surface area (Å²) in [4.78, 5) is 47.3. The van der Waals surface area contributed by atoms with Crippen LogP contribution < -0.4 is 0 Å². The van der Waals surface area contributed by atoms with Crippen molar-refractivity contribution < 1.29 is 29.0 Å². The lowest BCUT2D eigenvalue weighted by atomic mass is 9.96. The van der Waals surface area contributed by atoms with Gasteiger partial charge < -0.3 is 9.84 Å². The Hall–Kier alpha value is -4.06. The first-order chi connectivity index (χ1) is 14.0. The van der Waals surface area contributed by atoms with Crippen LogP contribution in [0, 0.1) is 0 Å². The zero-order valence-electron chi connectivity index (χ0n) is 15.2. The van der Waals surface area contributed by atoms with E-state index in [1.807, 2.05) is 30.3 Å². The SMILES string of the molecule is O=Cc1ccc(C(=O)O)cc1C(=O)c1ccc(C(=O)OCc2ccccc2)cc1. The molecule has 144 valence electrons. The van der Waals surface area contributed by atoms with E-state index < -0.39 is 17.7 Å². The second-order valence-corrected chi connectivity index (χ2v) is 6.19. The Balaban J connectivity index is 1.77. The number of aldehydes is 1. The summed E-state index contributed by atoms with van der Waals surface area (Å²) in [5, 5.41) is 9.10. The number of rotatable bonds is 7. The van der Waals surface area contributed by atoms with E-state index in [4.69, 9.17) is 9.84 Å². The van der Waals surface area contributed by atoms with Crippen LogP contribution in [-0.4, -0.2) is 29.1 Å². The first-order valence-electron chi connectivity index (χ1n) is 8.68. The average Bonchev–Trinajstić information content (AvgIpc) is 2.77. The average molecular weight is 388 g/mol. The third-order valence-corrected chi connectivity index (χ3v) is 4.27. The number of ketones is 1. The van der Waals surface area contributed by atoms with Gasteiger partial charge in [-0.1, -0.05) is 48.5 Å². The van der Waals surface area contributed by atoms with Crippen molar-refractivity contribution in [1.82, 2.24) is 0 Å². The van der Waals surface area contributed by atoms with Crippen molar-refractivity contribution in [1.29, 1.82) is 0 Å². The maximum absolute atomic E-state index is 12.7. The monoisotopic (exact) mass is 388 g/mol. The number of esters is 1. The first kappa shape index (κ1) is 19.7. The molecule has 0 bridgehead atoms. The van der Waals surface area contributed by atoms with Crippen LogP contribution >= 0.6 is 0 Å². The van der Waals surface area contributed by atoms with Gasteiger partial charge in [0.15, 0.2) is 12.1 Å². The summed E-state index contributed by atoms with van der Waals surface area (Å²) >= 11 is 0. The smallest absolute Gasteiger partial charge is 0.338 e. The molecule has 0 saturated heterocycles. The summed E-state index contributed by atoms with van der Waals surface area (Å²) in [5.41, 5.74) is 1.32. The van der Waals surface area contributed by atoms with Crippen LogP contribution in [0.2, 0.25) is 0 Å². The number of hydrogen-bond acceptors (Lipinski definition) is 5. The molecular formula is C23H16O6. The van der Waals surface area contributed by atoms with Crippen molar-refractivity contribution in [3.05, 3.63) is 106 Å². The van der Waals surface area contributed by atoms with Crippen molar-refractivity contribution in [2.24, 2.45) is 0 Å². The van der Waals surface area contributed by atoms with Gasteiger partial charge in [-0.2, -0.15) is 0 Å². The molecular weight excluding hydrogens is 372 g/mol. The van der Waals surface area contributed by atoms with E-state index in [2.05, 4.69) is 0 Å². The summed E-state index contributed by atoms with van der Waals surface area (Å²) in [6, 6.07) is 18.7. The molecule has 0 aliphatic carbocycles. The lowest BCUT2D eigenvalue weighted by molar-refractivity contribution is 0.0472. The van der Waals surface area contributed by atoms with Gasteiger partial charge in [-0.25, -0.2) is 9.59 Å². The molecule has 0 heterocycles. The molecule has 3 aromatic carbocycles. The number of carboxylic acids is 1. The lowest BCUT2D eigenvalue weighted by Crippen LogP contribution is -2.09. The van der Waals surface area contributed by atoms with Crippen LogP contribution in [0.5, 0.6) is 0 Å². The second kappa shape index (κ2) is 8.75. The molecule has 3 aromatic rings. The highest BCUT2D eigenvalue weighted by molar-refractivity contribution is 6.13. The minimum Gasteiger partial charge on any atom is -0.478 e. The predicted molar refractivity (Wildman–Crippen MR) is 104 cm³/mol. The van der Waals surface area contributed by atoms with Gasteiger partial charge in [-0.15, -0.1) is 0 Å². The molecule has 1 N–H and O–H groups in total. The number of carboxylic acid groups (broad SMARTS) is 1. The molecule has 0 saturated carbocycles. The van der Waals surface area contributed by atoms with Crippen molar-refractivity contribution in [3.8, 4) is 0 Å². The van der Waals surface area contributed by atoms with E-state index in [0.29, 0.717) is 6.29 Å². The minimum atomic E-state index is -1.20. The Kier molecular flexibility index (Phi) is 5.94. The van der Waals surface area contributed by atoms with Gasteiger partial charge in [-0.3, -0.25) is 9.59 Å². The Morgan fingerprint density at radius 1 is 0.828 bits per heavy atom. The van der Waals surface area contributed by atoms with Gasteiger partial charge in [0.05, 0.1) is 11.1 Å². The first-order valence-corrected chi connectivity index (χ1v) is 8.68. The van der Waals surface area contributed by atoms with Crippen molar-refractivity contribution in [2.45, 2.75) is 6.61 Å². The molecule has 0 aliphatic heterocycles. The van der Waals surface area contributed by atoms with Crippen LogP contribution in [0.3, 0.4) is 0 Å². The van der Waals surface area contributed by atoms with Crippen LogP contribution in [0.1, 0.15) is 52.6 Å². The van der Waals surface area contributed by atoms with Crippen molar-refractivity contribution in [3.63, 3.8) is 0 Å². The van der Waals surface area contributed by atoms with Crippen molar-refractivity contribution in [2.75, 3.05) is 0 Å². The van der Waals surface area contributed by atoms with E-state index in [1.165, 1.54) is 36.4 Å². The van der Waals surface area contributed by atoms with Gasteiger partial charge in [0.25, 0.3) is 0 Å². The molecule has 0 radical (unpaired) electrons. The van der Waals surface area contributed by atoms with Gasteiger partial charge in [0, 0.05) is 16.7 Å². The van der Waals surface area contributed by atoms with E-state index in [9.17, 15) is 19.2 Å². The van der Waals surface area contributed by atoms with Crippen LogP contribution in [0.25, 0.3) is 0 Å². The Morgan fingerprint density at radius 2 is 1.45 bits per heavy atom. The molecule has 29 heavy (non-hydrogen) atoms. The maximum Gasteiger partial charge on any atom is 0.338 e. The Bertz CT molecular complexity index is 1070. The molecule has 6 nitrogen and oxygen atoms in total. The summed E-state index contributed by atoms with van der Waals surface area (Å²) in [6.45, 7) is 0.130. The summed E-state index contributed by atoms with van der Waals surface area (Å²) in [5.74, 6) is -2.25. The fourth-order valence-electron chi connectivity index (χ4n) is 2.71. The minimum absolute atomic E-state index is 0.0145. The summed E-state index contributed by atoms with van der Waals surface area (Å²) < 4.78 is 5.24. The fourth-order valence-corrected chi connectivity index (χ4v) is 2.71. The summed E-state index contributed by atoms with van der Waals surface area (Å²) in [6.07, 6.45) is 0.494. The third kappa shape index (κ3) is 4.62. The Morgan fingerprint density at radius 3 is 2.07 bits per heavy atom. The normalized spacial score (nSPS) is 10.2. The number of hydrogen-bond donors (Lipinski definition) is 1. The number of aromatic carboxylic acids is 1. The molecule has 0 aromatic heterocycles. The third-order valence-electron chi connectivity index (χ3n) is 4.27. The van der Waals surface area contributed by atoms with E-state index >= 15 is 0 Å².